The van der Waals surface area contributed by atoms with Crippen molar-refractivity contribution in [3.63, 3.8) is 0 Å². The Morgan fingerprint density at radius 3 is 2.96 bits per heavy atom. The van der Waals surface area contributed by atoms with Crippen LogP contribution in [-0.2, 0) is 24.4 Å². The zero-order chi connectivity index (χ0) is 16.6. The minimum Gasteiger partial charge on any atom is -0.496 e. The van der Waals surface area contributed by atoms with Gasteiger partial charge in [-0.3, -0.25) is 9.69 Å². The van der Waals surface area contributed by atoms with E-state index in [4.69, 9.17) is 4.74 Å². The molecule has 0 saturated carbocycles. The molecule has 0 bridgehead atoms. The fourth-order valence-corrected chi connectivity index (χ4v) is 2.85. The number of methoxy groups -OCH3 is 1. The van der Waals surface area contributed by atoms with E-state index in [0.717, 1.165) is 0 Å². The van der Waals surface area contributed by atoms with E-state index < -0.39 is 12.0 Å². The number of aliphatic carboxylic acids is 1. The topological polar surface area (TPSA) is 80.5 Å². The summed E-state index contributed by atoms with van der Waals surface area (Å²) >= 11 is 0. The summed E-state index contributed by atoms with van der Waals surface area (Å²) in [5.74, 6) is 0.603. The quantitative estimate of drug-likeness (QED) is 0.912. The molecular formula is C15H17FN4O3. The Morgan fingerprint density at radius 1 is 1.48 bits per heavy atom. The molecule has 0 amide bonds. The van der Waals surface area contributed by atoms with Crippen LogP contribution in [-0.4, -0.2) is 43.9 Å². The average molecular weight is 320 g/mol. The highest BCUT2D eigenvalue weighted by Gasteiger charge is 2.33. The highest BCUT2D eigenvalue weighted by molar-refractivity contribution is 5.73. The molecule has 1 unspecified atom stereocenters. The molecule has 1 atom stereocenters. The number of halogens is 1. The second kappa shape index (κ2) is 5.96. The van der Waals surface area contributed by atoms with Gasteiger partial charge in [0.15, 0.2) is 0 Å². The zero-order valence-corrected chi connectivity index (χ0v) is 12.9. The third-order valence-electron chi connectivity index (χ3n) is 4.05. The van der Waals surface area contributed by atoms with E-state index in [1.54, 1.807) is 16.4 Å². The summed E-state index contributed by atoms with van der Waals surface area (Å²) in [5, 5.41) is 17.6. The molecule has 1 aromatic carbocycles. The third kappa shape index (κ3) is 2.89. The van der Waals surface area contributed by atoms with Gasteiger partial charge in [0.2, 0.25) is 0 Å². The molecule has 23 heavy (non-hydrogen) atoms. The SMILES string of the molecule is COc1ccc(F)cc1CN1Cc2nnc(C)n2CC1C(=O)O. The van der Waals surface area contributed by atoms with E-state index in [1.807, 2.05) is 0 Å². The van der Waals surface area contributed by atoms with E-state index in [-0.39, 0.29) is 18.9 Å². The van der Waals surface area contributed by atoms with Gasteiger partial charge in [0.25, 0.3) is 0 Å². The van der Waals surface area contributed by atoms with Crippen molar-refractivity contribution in [2.24, 2.45) is 0 Å². The Labute approximate surface area is 132 Å². The van der Waals surface area contributed by atoms with Gasteiger partial charge < -0.3 is 14.4 Å². The predicted octanol–water partition coefficient (Wildman–Crippen LogP) is 1.20. The zero-order valence-electron chi connectivity index (χ0n) is 12.9. The summed E-state index contributed by atoms with van der Waals surface area (Å²) < 4.78 is 20.6. The van der Waals surface area contributed by atoms with Gasteiger partial charge in [0.1, 0.15) is 29.3 Å². The van der Waals surface area contributed by atoms with Crippen LogP contribution in [0.15, 0.2) is 18.2 Å². The van der Waals surface area contributed by atoms with Crippen LogP contribution < -0.4 is 4.74 Å². The summed E-state index contributed by atoms with van der Waals surface area (Å²) in [6.45, 7) is 2.64. The smallest absolute Gasteiger partial charge is 0.322 e. The molecule has 3 rings (SSSR count). The predicted molar refractivity (Wildman–Crippen MR) is 78.4 cm³/mol. The number of fused-ring (bicyclic) bond motifs is 1. The fraction of sp³-hybridized carbons (Fsp3) is 0.400. The molecule has 0 saturated heterocycles. The Balaban J connectivity index is 1.92. The molecule has 0 spiro atoms. The number of carboxylic acid groups (broad SMARTS) is 1. The van der Waals surface area contributed by atoms with Gasteiger partial charge in [-0.25, -0.2) is 4.39 Å². The molecule has 122 valence electrons. The van der Waals surface area contributed by atoms with Crippen molar-refractivity contribution < 1.29 is 19.0 Å². The van der Waals surface area contributed by atoms with Crippen LogP contribution in [0.5, 0.6) is 5.75 Å². The van der Waals surface area contributed by atoms with Crippen LogP contribution in [0.2, 0.25) is 0 Å². The maximum atomic E-state index is 13.5. The summed E-state index contributed by atoms with van der Waals surface area (Å²) in [7, 11) is 1.50. The number of ether oxygens (including phenoxy) is 1. The monoisotopic (exact) mass is 320 g/mol. The molecule has 1 N–H and O–H groups in total. The Bertz CT molecular complexity index is 746. The molecule has 0 fully saturated rings. The third-order valence-corrected chi connectivity index (χ3v) is 4.05. The first-order chi connectivity index (χ1) is 11.0. The van der Waals surface area contributed by atoms with E-state index in [0.29, 0.717) is 29.5 Å². The van der Waals surface area contributed by atoms with Gasteiger partial charge in [-0.05, 0) is 25.1 Å². The van der Waals surface area contributed by atoms with Gasteiger partial charge in [-0.15, -0.1) is 10.2 Å². The molecule has 0 aliphatic carbocycles. The summed E-state index contributed by atoms with van der Waals surface area (Å²) in [4.78, 5) is 13.4. The van der Waals surface area contributed by atoms with Crippen LogP contribution in [0, 0.1) is 12.7 Å². The maximum absolute atomic E-state index is 13.5. The largest absolute Gasteiger partial charge is 0.496 e. The van der Waals surface area contributed by atoms with E-state index in [1.165, 1.54) is 25.3 Å². The van der Waals surface area contributed by atoms with Crippen molar-refractivity contribution in [2.45, 2.75) is 32.6 Å². The normalized spacial score (nSPS) is 17.8. The lowest BCUT2D eigenvalue weighted by Crippen LogP contribution is -2.47. The number of hydrogen-bond acceptors (Lipinski definition) is 5. The molecule has 0 radical (unpaired) electrons. The van der Waals surface area contributed by atoms with Crippen LogP contribution in [0.25, 0.3) is 0 Å². The van der Waals surface area contributed by atoms with Gasteiger partial charge in [0, 0.05) is 12.1 Å². The number of carbonyl (C=O) groups is 1. The van der Waals surface area contributed by atoms with Crippen molar-refractivity contribution in [1.29, 1.82) is 0 Å². The number of nitrogens with zero attached hydrogens (tertiary/aromatic N) is 4. The van der Waals surface area contributed by atoms with Crippen molar-refractivity contribution in [2.75, 3.05) is 7.11 Å². The Kier molecular flexibility index (Phi) is 3.99. The van der Waals surface area contributed by atoms with Gasteiger partial charge >= 0.3 is 5.97 Å². The Hall–Kier alpha value is -2.48. The number of benzene rings is 1. The van der Waals surface area contributed by atoms with E-state index >= 15 is 0 Å². The van der Waals surface area contributed by atoms with E-state index in [9.17, 15) is 14.3 Å². The standard InChI is InChI=1S/C15H17FN4O3/c1-9-17-18-14-8-19(12(15(21)22)7-20(9)14)6-10-5-11(16)3-4-13(10)23-2/h3-5,12H,6-8H2,1-2H3,(H,21,22). The van der Waals surface area contributed by atoms with Crippen LogP contribution in [0.1, 0.15) is 17.2 Å². The lowest BCUT2D eigenvalue weighted by atomic mass is 10.1. The molecule has 2 heterocycles. The van der Waals surface area contributed by atoms with Crippen LogP contribution in [0.4, 0.5) is 4.39 Å². The summed E-state index contributed by atoms with van der Waals surface area (Å²) in [5.41, 5.74) is 0.600. The average Bonchev–Trinajstić information content (AvgIpc) is 2.87. The summed E-state index contributed by atoms with van der Waals surface area (Å²) in [6.07, 6.45) is 0. The lowest BCUT2D eigenvalue weighted by molar-refractivity contribution is -0.145. The van der Waals surface area contributed by atoms with Crippen LogP contribution >= 0.6 is 0 Å². The highest BCUT2D eigenvalue weighted by Crippen LogP contribution is 2.25. The van der Waals surface area contributed by atoms with E-state index in [2.05, 4.69) is 10.2 Å². The number of aromatic nitrogens is 3. The second-order valence-electron chi connectivity index (χ2n) is 5.49. The maximum Gasteiger partial charge on any atom is 0.322 e. The van der Waals surface area contributed by atoms with Crippen molar-refractivity contribution in [3.8, 4) is 5.75 Å². The molecule has 1 aliphatic heterocycles. The number of carboxylic acids is 1. The first-order valence-electron chi connectivity index (χ1n) is 7.17. The molecule has 8 heteroatoms. The van der Waals surface area contributed by atoms with Gasteiger partial charge in [-0.1, -0.05) is 0 Å². The lowest BCUT2D eigenvalue weighted by Gasteiger charge is -2.33. The Morgan fingerprint density at radius 2 is 2.26 bits per heavy atom. The highest BCUT2D eigenvalue weighted by atomic mass is 19.1. The van der Waals surface area contributed by atoms with Crippen molar-refractivity contribution >= 4 is 5.97 Å². The van der Waals surface area contributed by atoms with Gasteiger partial charge in [0.05, 0.1) is 20.2 Å². The number of hydrogen-bond donors (Lipinski definition) is 1. The van der Waals surface area contributed by atoms with Crippen molar-refractivity contribution in [1.82, 2.24) is 19.7 Å². The number of rotatable bonds is 4. The van der Waals surface area contributed by atoms with Crippen molar-refractivity contribution in [3.05, 3.63) is 41.2 Å². The van der Waals surface area contributed by atoms with Gasteiger partial charge in [-0.2, -0.15) is 0 Å². The minimum absolute atomic E-state index is 0.254. The fourth-order valence-electron chi connectivity index (χ4n) is 2.85. The molecule has 7 nitrogen and oxygen atoms in total. The first-order valence-corrected chi connectivity index (χ1v) is 7.17. The molecule has 1 aromatic heterocycles. The van der Waals surface area contributed by atoms with Crippen LogP contribution in [0.3, 0.4) is 0 Å². The summed E-state index contributed by atoms with van der Waals surface area (Å²) in [6, 6.07) is 3.48. The molecular weight excluding hydrogens is 303 g/mol. The minimum atomic E-state index is -0.931. The molecule has 1 aliphatic rings. The number of aryl methyl sites for hydroxylation is 1. The second-order valence-corrected chi connectivity index (χ2v) is 5.49. The molecule has 2 aromatic rings. The first kappa shape index (κ1) is 15.4.